The van der Waals surface area contributed by atoms with Crippen LogP contribution in [0.2, 0.25) is 5.02 Å². The number of benzene rings is 1. The molecule has 0 atom stereocenters. The van der Waals surface area contributed by atoms with Gasteiger partial charge >= 0.3 is 0 Å². The lowest BCUT2D eigenvalue weighted by Crippen LogP contribution is -2.49. The molecule has 21 heavy (non-hydrogen) atoms. The lowest BCUT2D eigenvalue weighted by Gasteiger charge is -2.29. The third-order valence-corrected chi connectivity index (χ3v) is 3.85. The second-order valence-corrected chi connectivity index (χ2v) is 5.69. The molecular formula is C15H20ClN3O2. The first-order valence-corrected chi connectivity index (χ1v) is 7.37. The zero-order valence-electron chi connectivity index (χ0n) is 12.4. The van der Waals surface area contributed by atoms with Crippen molar-refractivity contribution in [3.63, 3.8) is 0 Å². The van der Waals surface area contributed by atoms with Crippen LogP contribution in [0, 0.1) is 6.92 Å². The molecule has 1 saturated heterocycles. The van der Waals surface area contributed by atoms with Crippen LogP contribution in [-0.4, -0.2) is 61.4 Å². The Morgan fingerprint density at radius 1 is 1.33 bits per heavy atom. The molecule has 0 aliphatic carbocycles. The molecule has 0 unspecified atom stereocenters. The molecule has 0 saturated carbocycles. The molecule has 0 radical (unpaired) electrons. The van der Waals surface area contributed by atoms with Crippen LogP contribution in [0.5, 0.6) is 0 Å². The minimum atomic E-state index is -0.182. The first kappa shape index (κ1) is 15.8. The second kappa shape index (κ2) is 6.91. The number of carbonyl (C=O) groups excluding carboxylic acids is 2. The molecule has 0 aromatic heterocycles. The topological polar surface area (TPSA) is 52.7 Å². The molecule has 114 valence electrons. The van der Waals surface area contributed by atoms with Crippen LogP contribution in [0.15, 0.2) is 18.2 Å². The van der Waals surface area contributed by atoms with E-state index < -0.39 is 0 Å². The first-order valence-electron chi connectivity index (χ1n) is 6.99. The van der Waals surface area contributed by atoms with Crippen molar-refractivity contribution in [2.75, 3.05) is 39.8 Å². The Labute approximate surface area is 129 Å². The van der Waals surface area contributed by atoms with E-state index in [2.05, 4.69) is 5.32 Å². The number of hydrogen-bond acceptors (Lipinski definition) is 3. The van der Waals surface area contributed by atoms with Crippen molar-refractivity contribution in [2.24, 2.45) is 0 Å². The van der Waals surface area contributed by atoms with Crippen molar-refractivity contribution in [3.05, 3.63) is 34.3 Å². The Bertz CT molecular complexity index is 542. The fourth-order valence-electron chi connectivity index (χ4n) is 2.32. The third-order valence-electron chi connectivity index (χ3n) is 3.62. The molecule has 0 bridgehead atoms. The van der Waals surface area contributed by atoms with Crippen LogP contribution in [0.3, 0.4) is 0 Å². The second-order valence-electron chi connectivity index (χ2n) is 5.25. The van der Waals surface area contributed by atoms with Gasteiger partial charge in [-0.15, -0.1) is 0 Å². The van der Waals surface area contributed by atoms with Gasteiger partial charge < -0.3 is 15.1 Å². The van der Waals surface area contributed by atoms with Crippen molar-refractivity contribution in [3.8, 4) is 0 Å². The summed E-state index contributed by atoms with van der Waals surface area (Å²) < 4.78 is 0. The number of nitrogens with zero attached hydrogens (tertiary/aromatic N) is 2. The SMILES string of the molecule is Cc1ccc(Cl)cc1C(=O)N(C)CC(=O)N1CCNCC1. The number of piperazine rings is 1. The number of amides is 2. The summed E-state index contributed by atoms with van der Waals surface area (Å²) in [6, 6.07) is 5.20. The number of carbonyl (C=O) groups is 2. The normalized spacial score (nSPS) is 14.9. The Kier molecular flexibility index (Phi) is 5.20. The number of hydrogen-bond donors (Lipinski definition) is 1. The maximum atomic E-state index is 12.4. The smallest absolute Gasteiger partial charge is 0.254 e. The highest BCUT2D eigenvalue weighted by Gasteiger charge is 2.21. The lowest BCUT2D eigenvalue weighted by molar-refractivity contribution is -0.132. The lowest BCUT2D eigenvalue weighted by atomic mass is 10.1. The van der Waals surface area contributed by atoms with E-state index >= 15 is 0 Å². The molecule has 2 rings (SSSR count). The van der Waals surface area contributed by atoms with E-state index in [1.807, 2.05) is 13.0 Å². The number of aryl methyl sites for hydroxylation is 1. The predicted octanol–water partition coefficient (Wildman–Crippen LogP) is 1.15. The number of nitrogens with one attached hydrogen (secondary N) is 1. The molecule has 1 fully saturated rings. The van der Waals surface area contributed by atoms with Gasteiger partial charge in [-0.25, -0.2) is 0 Å². The van der Waals surface area contributed by atoms with Crippen LogP contribution in [0.4, 0.5) is 0 Å². The fraction of sp³-hybridized carbons (Fsp3) is 0.467. The van der Waals surface area contributed by atoms with E-state index in [-0.39, 0.29) is 18.4 Å². The summed E-state index contributed by atoms with van der Waals surface area (Å²) in [6.07, 6.45) is 0. The molecule has 1 aromatic carbocycles. The summed E-state index contributed by atoms with van der Waals surface area (Å²) in [6.45, 7) is 4.93. The highest BCUT2D eigenvalue weighted by molar-refractivity contribution is 6.31. The first-order chi connectivity index (χ1) is 9.99. The molecule has 2 amide bonds. The number of likely N-dealkylation sites (N-methyl/N-ethyl adjacent to an activating group) is 1. The Morgan fingerprint density at radius 3 is 2.67 bits per heavy atom. The van der Waals surface area contributed by atoms with E-state index in [0.29, 0.717) is 23.7 Å². The average Bonchev–Trinajstić information content (AvgIpc) is 2.49. The van der Waals surface area contributed by atoms with Gasteiger partial charge in [-0.3, -0.25) is 9.59 Å². The maximum Gasteiger partial charge on any atom is 0.254 e. The fourth-order valence-corrected chi connectivity index (χ4v) is 2.49. The summed E-state index contributed by atoms with van der Waals surface area (Å²) in [5.74, 6) is -0.203. The zero-order chi connectivity index (χ0) is 15.4. The molecule has 1 heterocycles. The van der Waals surface area contributed by atoms with Crippen LogP contribution in [-0.2, 0) is 4.79 Å². The summed E-state index contributed by atoms with van der Waals surface area (Å²) >= 11 is 5.94. The molecule has 1 aromatic rings. The molecule has 1 aliphatic rings. The van der Waals surface area contributed by atoms with Crippen molar-refractivity contribution in [2.45, 2.75) is 6.92 Å². The third kappa shape index (κ3) is 3.95. The largest absolute Gasteiger partial charge is 0.339 e. The minimum absolute atomic E-state index is 0.0213. The van der Waals surface area contributed by atoms with Crippen LogP contribution in [0.25, 0.3) is 0 Å². The molecule has 6 heteroatoms. The van der Waals surface area contributed by atoms with Crippen molar-refractivity contribution in [1.82, 2.24) is 15.1 Å². The van der Waals surface area contributed by atoms with Crippen molar-refractivity contribution < 1.29 is 9.59 Å². The van der Waals surface area contributed by atoms with Gasteiger partial charge in [-0.1, -0.05) is 17.7 Å². The van der Waals surface area contributed by atoms with Crippen LogP contribution < -0.4 is 5.32 Å². The number of rotatable bonds is 3. The monoisotopic (exact) mass is 309 g/mol. The van der Waals surface area contributed by atoms with Gasteiger partial charge in [0.2, 0.25) is 5.91 Å². The Morgan fingerprint density at radius 2 is 2.00 bits per heavy atom. The van der Waals surface area contributed by atoms with Gasteiger partial charge in [0, 0.05) is 43.8 Å². The summed E-state index contributed by atoms with van der Waals surface area (Å²) in [7, 11) is 1.64. The van der Waals surface area contributed by atoms with E-state index in [4.69, 9.17) is 11.6 Å². The highest BCUT2D eigenvalue weighted by Crippen LogP contribution is 2.17. The quantitative estimate of drug-likeness (QED) is 0.911. The summed E-state index contributed by atoms with van der Waals surface area (Å²) in [4.78, 5) is 27.8. The molecule has 1 aliphatic heterocycles. The Balaban J connectivity index is 2.02. The average molecular weight is 310 g/mol. The molecule has 5 nitrogen and oxygen atoms in total. The van der Waals surface area contributed by atoms with Gasteiger partial charge in [-0.05, 0) is 24.6 Å². The van der Waals surface area contributed by atoms with Gasteiger partial charge in [0.25, 0.3) is 5.91 Å². The minimum Gasteiger partial charge on any atom is -0.339 e. The van der Waals surface area contributed by atoms with E-state index in [1.165, 1.54) is 4.90 Å². The van der Waals surface area contributed by atoms with Gasteiger partial charge in [-0.2, -0.15) is 0 Å². The molecule has 1 N–H and O–H groups in total. The van der Waals surface area contributed by atoms with E-state index in [0.717, 1.165) is 18.7 Å². The summed E-state index contributed by atoms with van der Waals surface area (Å²) in [5, 5.41) is 3.72. The van der Waals surface area contributed by atoms with E-state index in [9.17, 15) is 9.59 Å². The zero-order valence-corrected chi connectivity index (χ0v) is 13.1. The number of halogens is 1. The van der Waals surface area contributed by atoms with Crippen molar-refractivity contribution in [1.29, 1.82) is 0 Å². The summed E-state index contributed by atoms with van der Waals surface area (Å²) in [5.41, 5.74) is 1.39. The van der Waals surface area contributed by atoms with Gasteiger partial charge in [0.15, 0.2) is 0 Å². The van der Waals surface area contributed by atoms with E-state index in [1.54, 1.807) is 24.1 Å². The maximum absolute atomic E-state index is 12.4. The van der Waals surface area contributed by atoms with Gasteiger partial charge in [0.05, 0.1) is 6.54 Å². The van der Waals surface area contributed by atoms with Gasteiger partial charge in [0.1, 0.15) is 0 Å². The highest BCUT2D eigenvalue weighted by atomic mass is 35.5. The molecular weight excluding hydrogens is 290 g/mol. The van der Waals surface area contributed by atoms with Crippen LogP contribution >= 0.6 is 11.6 Å². The molecule has 0 spiro atoms. The Hall–Kier alpha value is -1.59. The standard InChI is InChI=1S/C15H20ClN3O2/c1-11-3-4-12(16)9-13(11)15(21)18(2)10-14(20)19-7-5-17-6-8-19/h3-4,9,17H,5-8,10H2,1-2H3. The predicted molar refractivity (Wildman–Crippen MR) is 82.6 cm³/mol. The van der Waals surface area contributed by atoms with Crippen molar-refractivity contribution >= 4 is 23.4 Å². The van der Waals surface area contributed by atoms with Crippen LogP contribution in [0.1, 0.15) is 15.9 Å².